The van der Waals surface area contributed by atoms with Gasteiger partial charge in [-0.2, -0.15) is 0 Å². The number of benzene rings is 2. The lowest BCUT2D eigenvalue weighted by molar-refractivity contribution is 0.0600. The van der Waals surface area contributed by atoms with E-state index in [0.717, 1.165) is 5.56 Å². The first-order valence-electron chi connectivity index (χ1n) is 7.42. The molecule has 0 radical (unpaired) electrons. The fourth-order valence-electron chi connectivity index (χ4n) is 2.23. The average Bonchev–Trinajstić information content (AvgIpc) is 3.12. The maximum Gasteiger partial charge on any atom is 0.337 e. The number of anilines is 1. The summed E-state index contributed by atoms with van der Waals surface area (Å²) in [6.45, 7) is 0. The molecule has 5 nitrogen and oxygen atoms in total. The smallest absolute Gasteiger partial charge is 0.337 e. The zero-order chi connectivity index (χ0) is 17.8. The van der Waals surface area contributed by atoms with Crippen molar-refractivity contribution >= 4 is 29.2 Å². The van der Waals surface area contributed by atoms with Crippen LogP contribution in [0.2, 0.25) is 5.02 Å². The van der Waals surface area contributed by atoms with Crippen molar-refractivity contribution in [2.45, 2.75) is 0 Å². The number of rotatable bonds is 4. The highest BCUT2D eigenvalue weighted by atomic mass is 35.5. The van der Waals surface area contributed by atoms with Crippen LogP contribution in [0.15, 0.2) is 65.1 Å². The minimum atomic E-state index is -0.434. The standard InChI is InChI=1S/C19H14ClNO4/c1-24-19(23)13-4-8-15(9-5-13)21-18(22)17-11-10-16(25-17)12-2-6-14(20)7-3-12/h2-11H,1H3,(H,21,22). The molecule has 1 aromatic heterocycles. The number of hydrogen-bond acceptors (Lipinski definition) is 4. The van der Waals surface area contributed by atoms with Gasteiger partial charge >= 0.3 is 5.97 Å². The van der Waals surface area contributed by atoms with Crippen LogP contribution in [-0.2, 0) is 4.74 Å². The van der Waals surface area contributed by atoms with E-state index in [1.807, 2.05) is 12.1 Å². The molecule has 0 aliphatic heterocycles. The summed E-state index contributed by atoms with van der Waals surface area (Å²) in [6, 6.07) is 16.8. The van der Waals surface area contributed by atoms with Crippen molar-refractivity contribution in [1.29, 1.82) is 0 Å². The summed E-state index contributed by atoms with van der Waals surface area (Å²) in [5, 5.41) is 3.34. The molecule has 0 fully saturated rings. The van der Waals surface area contributed by atoms with Crippen molar-refractivity contribution in [3.63, 3.8) is 0 Å². The van der Waals surface area contributed by atoms with Crippen LogP contribution >= 0.6 is 11.6 Å². The van der Waals surface area contributed by atoms with Crippen molar-refractivity contribution in [2.24, 2.45) is 0 Å². The fourth-order valence-corrected chi connectivity index (χ4v) is 2.36. The number of carbonyl (C=O) groups excluding carboxylic acids is 2. The molecule has 3 rings (SSSR count). The quantitative estimate of drug-likeness (QED) is 0.692. The Labute approximate surface area is 149 Å². The first-order valence-corrected chi connectivity index (χ1v) is 7.80. The first-order chi connectivity index (χ1) is 12.1. The Morgan fingerprint density at radius 1 is 0.960 bits per heavy atom. The molecular weight excluding hydrogens is 342 g/mol. The van der Waals surface area contributed by atoms with Gasteiger partial charge < -0.3 is 14.5 Å². The van der Waals surface area contributed by atoms with E-state index in [2.05, 4.69) is 10.1 Å². The molecule has 3 aromatic rings. The summed E-state index contributed by atoms with van der Waals surface area (Å²) < 4.78 is 10.2. The van der Waals surface area contributed by atoms with Crippen LogP contribution in [0, 0.1) is 0 Å². The lowest BCUT2D eigenvalue weighted by atomic mass is 10.2. The summed E-state index contributed by atoms with van der Waals surface area (Å²) in [5.41, 5.74) is 1.77. The summed E-state index contributed by atoms with van der Waals surface area (Å²) in [4.78, 5) is 23.7. The molecule has 2 aromatic carbocycles. The van der Waals surface area contributed by atoms with Gasteiger partial charge in [-0.15, -0.1) is 0 Å². The van der Waals surface area contributed by atoms with Crippen LogP contribution in [0.5, 0.6) is 0 Å². The van der Waals surface area contributed by atoms with E-state index in [-0.39, 0.29) is 11.7 Å². The van der Waals surface area contributed by atoms with E-state index in [1.165, 1.54) is 7.11 Å². The third kappa shape index (κ3) is 3.89. The number of carbonyl (C=O) groups is 2. The second-order valence-corrected chi connectivity index (χ2v) is 5.63. The fraction of sp³-hybridized carbons (Fsp3) is 0.0526. The monoisotopic (exact) mass is 355 g/mol. The van der Waals surface area contributed by atoms with E-state index < -0.39 is 5.97 Å². The van der Waals surface area contributed by atoms with Crippen LogP contribution in [0.4, 0.5) is 5.69 Å². The van der Waals surface area contributed by atoms with Gasteiger partial charge in [-0.05, 0) is 60.7 Å². The van der Waals surface area contributed by atoms with Crippen molar-refractivity contribution in [2.75, 3.05) is 12.4 Å². The Balaban J connectivity index is 1.71. The number of methoxy groups -OCH3 is 1. The number of amides is 1. The molecule has 126 valence electrons. The highest BCUT2D eigenvalue weighted by Gasteiger charge is 2.13. The van der Waals surface area contributed by atoms with Gasteiger partial charge in [-0.1, -0.05) is 11.6 Å². The minimum Gasteiger partial charge on any atom is -0.465 e. The third-order valence-corrected chi connectivity index (χ3v) is 3.77. The van der Waals surface area contributed by atoms with Crippen LogP contribution in [0.3, 0.4) is 0 Å². The number of esters is 1. The largest absolute Gasteiger partial charge is 0.465 e. The zero-order valence-electron chi connectivity index (χ0n) is 13.3. The Hall–Kier alpha value is -3.05. The minimum absolute atomic E-state index is 0.182. The van der Waals surface area contributed by atoms with E-state index in [4.69, 9.17) is 16.0 Å². The average molecular weight is 356 g/mol. The lowest BCUT2D eigenvalue weighted by Gasteiger charge is -2.04. The molecule has 0 unspecified atom stereocenters. The maximum atomic E-state index is 12.3. The molecule has 6 heteroatoms. The maximum absolute atomic E-state index is 12.3. The van der Waals surface area contributed by atoms with Crippen molar-refractivity contribution in [3.05, 3.63) is 77.0 Å². The Morgan fingerprint density at radius 3 is 2.28 bits per heavy atom. The molecule has 0 saturated carbocycles. The van der Waals surface area contributed by atoms with Crippen molar-refractivity contribution < 1.29 is 18.7 Å². The third-order valence-electron chi connectivity index (χ3n) is 3.52. The van der Waals surface area contributed by atoms with Crippen LogP contribution in [0.25, 0.3) is 11.3 Å². The van der Waals surface area contributed by atoms with Crippen LogP contribution in [0.1, 0.15) is 20.9 Å². The highest BCUT2D eigenvalue weighted by Crippen LogP contribution is 2.24. The van der Waals surface area contributed by atoms with Gasteiger partial charge in [0.15, 0.2) is 5.76 Å². The molecule has 1 N–H and O–H groups in total. The Bertz CT molecular complexity index is 898. The number of ether oxygens (including phenoxy) is 1. The molecule has 1 amide bonds. The van der Waals surface area contributed by atoms with E-state index >= 15 is 0 Å². The molecule has 0 aliphatic carbocycles. The summed E-state index contributed by atoms with van der Waals surface area (Å²) in [7, 11) is 1.31. The molecule has 0 spiro atoms. The molecule has 1 heterocycles. The van der Waals surface area contributed by atoms with E-state index in [1.54, 1.807) is 48.5 Å². The van der Waals surface area contributed by atoms with Gasteiger partial charge in [-0.3, -0.25) is 4.79 Å². The van der Waals surface area contributed by atoms with E-state index in [0.29, 0.717) is 22.0 Å². The second kappa shape index (κ2) is 7.23. The molecule has 25 heavy (non-hydrogen) atoms. The van der Waals surface area contributed by atoms with Crippen LogP contribution in [-0.4, -0.2) is 19.0 Å². The normalized spacial score (nSPS) is 10.3. The van der Waals surface area contributed by atoms with Gasteiger partial charge in [0.25, 0.3) is 5.91 Å². The van der Waals surface area contributed by atoms with Crippen molar-refractivity contribution in [1.82, 2.24) is 0 Å². The van der Waals surface area contributed by atoms with Crippen molar-refractivity contribution in [3.8, 4) is 11.3 Å². The second-order valence-electron chi connectivity index (χ2n) is 5.19. The van der Waals surface area contributed by atoms with Gasteiger partial charge in [0.05, 0.1) is 12.7 Å². The predicted octanol–water partition coefficient (Wildman–Crippen LogP) is 4.64. The topological polar surface area (TPSA) is 68.5 Å². The predicted molar refractivity (Wildman–Crippen MR) is 94.9 cm³/mol. The summed E-state index contributed by atoms with van der Waals surface area (Å²) >= 11 is 5.86. The van der Waals surface area contributed by atoms with Gasteiger partial charge in [0, 0.05) is 16.3 Å². The molecular formula is C19H14ClNO4. The van der Waals surface area contributed by atoms with Gasteiger partial charge in [0.1, 0.15) is 5.76 Å². The molecule has 0 atom stereocenters. The SMILES string of the molecule is COC(=O)c1ccc(NC(=O)c2ccc(-c3ccc(Cl)cc3)o2)cc1. The highest BCUT2D eigenvalue weighted by molar-refractivity contribution is 6.30. The van der Waals surface area contributed by atoms with Gasteiger partial charge in [-0.25, -0.2) is 4.79 Å². The zero-order valence-corrected chi connectivity index (χ0v) is 14.0. The van der Waals surface area contributed by atoms with E-state index in [9.17, 15) is 9.59 Å². The number of hydrogen-bond donors (Lipinski definition) is 1. The van der Waals surface area contributed by atoms with Gasteiger partial charge in [0.2, 0.25) is 0 Å². The number of nitrogens with one attached hydrogen (secondary N) is 1. The lowest BCUT2D eigenvalue weighted by Crippen LogP contribution is -2.11. The molecule has 0 saturated heterocycles. The molecule has 0 bridgehead atoms. The molecule has 0 aliphatic rings. The van der Waals surface area contributed by atoms with Crippen LogP contribution < -0.4 is 5.32 Å². The first kappa shape index (κ1) is 16.8. The summed E-state index contributed by atoms with van der Waals surface area (Å²) in [6.07, 6.45) is 0. The Kier molecular flexibility index (Phi) is 4.86. The Morgan fingerprint density at radius 2 is 1.64 bits per heavy atom. The number of halogens is 1. The number of furan rings is 1. The summed E-state index contributed by atoms with van der Waals surface area (Å²) in [5.74, 6) is -0.0626.